The largest absolute Gasteiger partial charge is 0.444 e. The predicted molar refractivity (Wildman–Crippen MR) is 91.4 cm³/mol. The Hall–Kier alpha value is -2.93. The molecule has 0 fully saturated rings. The number of amides is 1. The molecule has 0 saturated carbocycles. The minimum absolute atomic E-state index is 0.0661. The van der Waals surface area contributed by atoms with Crippen molar-refractivity contribution >= 4 is 29.2 Å². The number of nitro benzene ring substituents is 1. The first-order valence-electron chi connectivity index (χ1n) is 7.22. The van der Waals surface area contributed by atoms with Crippen molar-refractivity contribution in [3.8, 4) is 0 Å². The monoisotopic (exact) mass is 362 g/mol. The van der Waals surface area contributed by atoms with Gasteiger partial charge in [0.05, 0.1) is 10.5 Å². The number of ether oxygens (including phenoxy) is 1. The van der Waals surface area contributed by atoms with E-state index in [-0.39, 0.29) is 10.6 Å². The van der Waals surface area contributed by atoms with Gasteiger partial charge in [0.1, 0.15) is 5.02 Å². The third-order valence-corrected chi connectivity index (χ3v) is 3.69. The number of benzene rings is 2. The molecule has 1 unspecified atom stereocenters. The Morgan fingerprint density at radius 2 is 1.80 bits per heavy atom. The van der Waals surface area contributed by atoms with Crippen LogP contribution in [0.4, 0.5) is 5.69 Å². The summed E-state index contributed by atoms with van der Waals surface area (Å²) in [6, 6.07) is 12.1. The number of hydrogen-bond acceptors (Lipinski definition) is 5. The van der Waals surface area contributed by atoms with Crippen LogP contribution < -0.4 is 0 Å². The summed E-state index contributed by atoms with van der Waals surface area (Å²) in [6.45, 7) is 0. The van der Waals surface area contributed by atoms with Crippen LogP contribution in [-0.2, 0) is 9.53 Å². The number of hydrogen-bond donors (Lipinski definition) is 0. The maximum Gasteiger partial charge on any atom is 0.339 e. The summed E-state index contributed by atoms with van der Waals surface area (Å²) in [5, 5.41) is 10.9. The highest BCUT2D eigenvalue weighted by Gasteiger charge is 2.28. The molecular formula is C17H15ClN2O5. The highest BCUT2D eigenvalue weighted by molar-refractivity contribution is 6.32. The molecule has 130 valence electrons. The lowest BCUT2D eigenvalue weighted by molar-refractivity contribution is -0.384. The van der Waals surface area contributed by atoms with E-state index in [4.69, 9.17) is 16.3 Å². The fraction of sp³-hybridized carbons (Fsp3) is 0.176. The number of nitrogens with zero attached hydrogens (tertiary/aromatic N) is 2. The normalized spacial score (nSPS) is 11.5. The molecule has 8 heteroatoms. The lowest BCUT2D eigenvalue weighted by Crippen LogP contribution is -2.31. The van der Waals surface area contributed by atoms with Crippen molar-refractivity contribution in [3.63, 3.8) is 0 Å². The lowest BCUT2D eigenvalue weighted by Gasteiger charge is -2.21. The maximum atomic E-state index is 12.4. The van der Waals surface area contributed by atoms with Crippen LogP contribution in [-0.4, -0.2) is 35.8 Å². The van der Waals surface area contributed by atoms with Crippen molar-refractivity contribution in [2.24, 2.45) is 0 Å². The van der Waals surface area contributed by atoms with Crippen molar-refractivity contribution in [2.75, 3.05) is 14.1 Å². The molecule has 0 aromatic heterocycles. The van der Waals surface area contributed by atoms with Gasteiger partial charge in [0.25, 0.3) is 11.6 Å². The molecule has 0 aliphatic rings. The smallest absolute Gasteiger partial charge is 0.339 e. The fourth-order valence-electron chi connectivity index (χ4n) is 2.08. The highest BCUT2D eigenvalue weighted by Crippen LogP contribution is 2.27. The van der Waals surface area contributed by atoms with E-state index in [0.29, 0.717) is 5.56 Å². The highest BCUT2D eigenvalue weighted by atomic mass is 35.5. The summed E-state index contributed by atoms with van der Waals surface area (Å²) in [6.07, 6.45) is -1.15. The summed E-state index contributed by atoms with van der Waals surface area (Å²) >= 11 is 5.73. The maximum absolute atomic E-state index is 12.4. The van der Waals surface area contributed by atoms with Gasteiger partial charge in [-0.2, -0.15) is 0 Å². The molecule has 2 aromatic rings. The van der Waals surface area contributed by atoms with Crippen LogP contribution >= 0.6 is 11.6 Å². The van der Waals surface area contributed by atoms with Gasteiger partial charge in [-0.25, -0.2) is 4.79 Å². The minimum Gasteiger partial charge on any atom is -0.444 e. The van der Waals surface area contributed by atoms with Gasteiger partial charge in [-0.1, -0.05) is 41.9 Å². The molecule has 1 atom stereocenters. The first-order chi connectivity index (χ1) is 11.8. The van der Waals surface area contributed by atoms with E-state index in [9.17, 15) is 19.7 Å². The van der Waals surface area contributed by atoms with Gasteiger partial charge in [-0.3, -0.25) is 14.9 Å². The fourth-order valence-corrected chi connectivity index (χ4v) is 2.26. The van der Waals surface area contributed by atoms with Crippen molar-refractivity contribution in [2.45, 2.75) is 6.10 Å². The Morgan fingerprint density at radius 1 is 1.16 bits per heavy atom. The molecule has 7 nitrogen and oxygen atoms in total. The SMILES string of the molecule is CN(C)C(=O)C(OC(=O)c1ccc(Cl)c([N+](=O)[O-])c1)c1ccccc1. The van der Waals surface area contributed by atoms with Gasteiger partial charge in [0.15, 0.2) is 0 Å². The molecule has 0 aliphatic heterocycles. The minimum atomic E-state index is -1.15. The van der Waals surface area contributed by atoms with E-state index in [1.807, 2.05) is 0 Å². The second kappa shape index (κ2) is 7.76. The van der Waals surface area contributed by atoms with Crippen LogP contribution in [0, 0.1) is 10.1 Å². The Balaban J connectivity index is 2.33. The number of carbonyl (C=O) groups excluding carboxylic acids is 2. The number of nitro groups is 1. The number of rotatable bonds is 5. The van der Waals surface area contributed by atoms with Gasteiger partial charge in [-0.05, 0) is 12.1 Å². The molecule has 1 amide bonds. The Bertz CT molecular complexity index is 808. The summed E-state index contributed by atoms with van der Waals surface area (Å²) in [5.41, 5.74) is 0.0212. The Morgan fingerprint density at radius 3 is 2.36 bits per heavy atom. The third-order valence-electron chi connectivity index (χ3n) is 3.37. The van der Waals surface area contributed by atoms with Crippen molar-refractivity contribution < 1.29 is 19.2 Å². The quantitative estimate of drug-likeness (QED) is 0.462. The number of likely N-dealkylation sites (N-methyl/N-ethyl adjacent to an activating group) is 1. The zero-order chi connectivity index (χ0) is 18.6. The van der Waals surface area contributed by atoms with Crippen LogP contribution in [0.1, 0.15) is 22.0 Å². The molecule has 25 heavy (non-hydrogen) atoms. The van der Waals surface area contributed by atoms with Crippen LogP contribution in [0.15, 0.2) is 48.5 Å². The van der Waals surface area contributed by atoms with E-state index in [2.05, 4.69) is 0 Å². The summed E-state index contributed by atoms with van der Waals surface area (Å²) < 4.78 is 5.32. The number of esters is 1. The number of carbonyl (C=O) groups is 2. The average molecular weight is 363 g/mol. The van der Waals surface area contributed by atoms with Crippen molar-refractivity contribution in [3.05, 3.63) is 74.8 Å². The van der Waals surface area contributed by atoms with Gasteiger partial charge in [0, 0.05) is 25.7 Å². The van der Waals surface area contributed by atoms with Crippen LogP contribution in [0.5, 0.6) is 0 Å². The molecule has 2 rings (SSSR count). The summed E-state index contributed by atoms with van der Waals surface area (Å²) in [5.74, 6) is -1.29. The molecule has 0 radical (unpaired) electrons. The average Bonchev–Trinajstić information content (AvgIpc) is 2.59. The summed E-state index contributed by atoms with van der Waals surface area (Å²) in [7, 11) is 3.08. The van der Waals surface area contributed by atoms with Gasteiger partial charge < -0.3 is 9.64 Å². The Labute approximate surface area is 148 Å². The van der Waals surface area contributed by atoms with E-state index in [0.717, 1.165) is 6.07 Å². The lowest BCUT2D eigenvalue weighted by atomic mass is 10.1. The molecular weight excluding hydrogens is 348 g/mol. The summed E-state index contributed by atoms with van der Waals surface area (Å²) in [4.78, 5) is 36.3. The molecule has 2 aromatic carbocycles. The van der Waals surface area contributed by atoms with Gasteiger partial charge >= 0.3 is 5.97 Å². The third kappa shape index (κ3) is 4.33. The molecule has 0 spiro atoms. The van der Waals surface area contributed by atoms with Gasteiger partial charge in [-0.15, -0.1) is 0 Å². The molecule has 0 bridgehead atoms. The van der Waals surface area contributed by atoms with Crippen molar-refractivity contribution in [1.29, 1.82) is 0 Å². The zero-order valence-electron chi connectivity index (χ0n) is 13.5. The first-order valence-corrected chi connectivity index (χ1v) is 7.60. The van der Waals surface area contributed by atoms with E-state index >= 15 is 0 Å². The van der Waals surface area contributed by atoms with Crippen LogP contribution in [0.25, 0.3) is 0 Å². The Kier molecular flexibility index (Phi) is 5.71. The van der Waals surface area contributed by atoms with Gasteiger partial charge in [0.2, 0.25) is 6.10 Å². The predicted octanol–water partition coefficient (Wildman–Crippen LogP) is 3.23. The molecule has 0 aliphatic carbocycles. The van der Waals surface area contributed by atoms with Crippen molar-refractivity contribution in [1.82, 2.24) is 4.90 Å². The molecule has 0 heterocycles. The second-order valence-corrected chi connectivity index (χ2v) is 5.76. The second-order valence-electron chi connectivity index (χ2n) is 5.35. The van der Waals surface area contributed by atoms with Crippen LogP contribution in [0.3, 0.4) is 0 Å². The standard InChI is InChI=1S/C17H15ClN2O5/c1-19(2)16(21)15(11-6-4-3-5-7-11)25-17(22)12-8-9-13(18)14(10-12)20(23)24/h3-10,15H,1-2H3. The number of halogens is 1. The molecule has 0 saturated heterocycles. The molecule has 0 N–H and O–H groups in total. The zero-order valence-corrected chi connectivity index (χ0v) is 14.3. The van der Waals surface area contributed by atoms with E-state index in [1.54, 1.807) is 44.4 Å². The first kappa shape index (κ1) is 18.4. The topological polar surface area (TPSA) is 89.8 Å². The van der Waals surface area contributed by atoms with Crippen LogP contribution in [0.2, 0.25) is 5.02 Å². The van der Waals surface area contributed by atoms with E-state index in [1.165, 1.54) is 17.0 Å². The van der Waals surface area contributed by atoms with E-state index < -0.39 is 28.6 Å².